The zero-order chi connectivity index (χ0) is 11.5. The summed E-state index contributed by atoms with van der Waals surface area (Å²) in [7, 11) is 0. The van der Waals surface area contributed by atoms with E-state index in [2.05, 4.69) is 4.98 Å². The third-order valence-corrected chi connectivity index (χ3v) is 2.22. The average molecular weight is 240 g/mol. The molecule has 0 aliphatic carbocycles. The van der Waals surface area contributed by atoms with Crippen LogP contribution >= 0.6 is 11.3 Å². The second kappa shape index (κ2) is 4.47. The molecule has 15 heavy (non-hydrogen) atoms. The first kappa shape index (κ1) is 11.8. The Bertz CT molecular complexity index is 325. The summed E-state index contributed by atoms with van der Waals surface area (Å²) in [5.74, 6) is -1.32. The van der Waals surface area contributed by atoms with E-state index >= 15 is 0 Å². The van der Waals surface area contributed by atoms with Gasteiger partial charge in [-0.1, -0.05) is 0 Å². The van der Waals surface area contributed by atoms with Gasteiger partial charge in [-0.25, -0.2) is 4.98 Å². The van der Waals surface area contributed by atoms with Crippen molar-refractivity contribution in [2.75, 3.05) is 18.0 Å². The predicted octanol–water partition coefficient (Wildman–Crippen LogP) is 1.60. The number of thiazole rings is 1. The summed E-state index contributed by atoms with van der Waals surface area (Å²) in [5.41, 5.74) is 0. The lowest BCUT2D eigenvalue weighted by atomic mass is 10.5. The minimum atomic E-state index is -4.44. The maximum absolute atomic E-state index is 12.1. The zero-order valence-corrected chi connectivity index (χ0v) is 8.18. The van der Waals surface area contributed by atoms with E-state index in [0.29, 0.717) is 4.90 Å². The van der Waals surface area contributed by atoms with Crippen molar-refractivity contribution in [1.82, 2.24) is 4.98 Å². The van der Waals surface area contributed by atoms with Gasteiger partial charge >= 0.3 is 12.1 Å². The topological polar surface area (TPSA) is 53.4 Å². The number of nitrogens with zero attached hydrogens (tertiary/aromatic N) is 2. The van der Waals surface area contributed by atoms with E-state index in [1.54, 1.807) is 0 Å². The second-order valence-electron chi connectivity index (χ2n) is 2.68. The van der Waals surface area contributed by atoms with Gasteiger partial charge in [0, 0.05) is 11.6 Å². The standard InChI is InChI=1S/C7H7F3N2O2S/c8-7(9,10)4-12(3-5(13)14)6-11-1-2-15-6/h1-2H,3-4H2,(H,13,14). The minimum absolute atomic E-state index is 0.0507. The summed E-state index contributed by atoms with van der Waals surface area (Å²) in [6, 6.07) is 0. The summed E-state index contributed by atoms with van der Waals surface area (Å²) in [6.45, 7) is -2.03. The summed E-state index contributed by atoms with van der Waals surface area (Å²) in [6.07, 6.45) is -3.12. The normalized spacial score (nSPS) is 11.4. The third-order valence-electron chi connectivity index (χ3n) is 1.39. The minimum Gasteiger partial charge on any atom is -0.480 e. The Kier molecular flexibility index (Phi) is 3.51. The highest BCUT2D eigenvalue weighted by molar-refractivity contribution is 7.13. The van der Waals surface area contributed by atoms with Crippen molar-refractivity contribution >= 4 is 22.4 Å². The number of carbonyl (C=O) groups is 1. The number of hydrogen-bond acceptors (Lipinski definition) is 4. The molecule has 0 unspecified atom stereocenters. The maximum atomic E-state index is 12.1. The molecule has 0 aromatic carbocycles. The molecule has 0 atom stereocenters. The Hall–Kier alpha value is -1.31. The predicted molar refractivity (Wildman–Crippen MR) is 48.0 cm³/mol. The first-order chi connectivity index (χ1) is 6.88. The monoisotopic (exact) mass is 240 g/mol. The summed E-state index contributed by atoms with van der Waals surface area (Å²) in [5, 5.41) is 9.98. The van der Waals surface area contributed by atoms with Crippen LogP contribution in [0.5, 0.6) is 0 Å². The Balaban J connectivity index is 2.75. The molecule has 0 bridgehead atoms. The van der Waals surface area contributed by atoms with Gasteiger partial charge in [-0.15, -0.1) is 11.3 Å². The number of hydrogen-bond donors (Lipinski definition) is 1. The highest BCUT2D eigenvalue weighted by Crippen LogP contribution is 2.23. The van der Waals surface area contributed by atoms with Crippen molar-refractivity contribution in [3.8, 4) is 0 Å². The lowest BCUT2D eigenvalue weighted by Gasteiger charge is -2.20. The molecule has 84 valence electrons. The Labute approximate surface area is 87.0 Å². The van der Waals surface area contributed by atoms with Gasteiger partial charge in [0.25, 0.3) is 0 Å². The van der Waals surface area contributed by atoms with Gasteiger partial charge in [0.2, 0.25) is 0 Å². The van der Waals surface area contributed by atoms with Crippen molar-refractivity contribution in [3.05, 3.63) is 11.6 Å². The molecule has 1 rings (SSSR count). The molecule has 4 nitrogen and oxygen atoms in total. The van der Waals surface area contributed by atoms with Crippen LogP contribution in [0, 0.1) is 0 Å². The molecule has 0 saturated carbocycles. The van der Waals surface area contributed by atoms with Gasteiger partial charge in [-0.2, -0.15) is 13.2 Å². The van der Waals surface area contributed by atoms with E-state index in [9.17, 15) is 18.0 Å². The average Bonchev–Trinajstić information content (AvgIpc) is 2.50. The number of halogens is 3. The Morgan fingerprint density at radius 1 is 1.60 bits per heavy atom. The number of carboxylic acids is 1. The van der Waals surface area contributed by atoms with Gasteiger partial charge in [-0.05, 0) is 0 Å². The van der Waals surface area contributed by atoms with Crippen molar-refractivity contribution in [2.24, 2.45) is 0 Å². The van der Waals surface area contributed by atoms with Crippen LogP contribution in [-0.2, 0) is 4.79 Å². The molecule has 0 amide bonds. The highest BCUT2D eigenvalue weighted by Gasteiger charge is 2.32. The van der Waals surface area contributed by atoms with E-state index in [0.717, 1.165) is 11.3 Å². The van der Waals surface area contributed by atoms with Crippen LogP contribution in [0.2, 0.25) is 0 Å². The van der Waals surface area contributed by atoms with Crippen LogP contribution in [0.1, 0.15) is 0 Å². The van der Waals surface area contributed by atoms with Gasteiger partial charge < -0.3 is 10.0 Å². The fraction of sp³-hybridized carbons (Fsp3) is 0.429. The van der Waals surface area contributed by atoms with Gasteiger partial charge in [-0.3, -0.25) is 4.79 Å². The molecule has 0 aliphatic rings. The Morgan fingerprint density at radius 3 is 2.67 bits per heavy atom. The molecule has 0 aliphatic heterocycles. The molecule has 0 radical (unpaired) electrons. The summed E-state index contributed by atoms with van der Waals surface area (Å²) < 4.78 is 36.3. The van der Waals surface area contributed by atoms with Crippen LogP contribution in [-0.4, -0.2) is 35.3 Å². The second-order valence-corrected chi connectivity index (χ2v) is 3.55. The lowest BCUT2D eigenvalue weighted by Crippen LogP contribution is -2.37. The molecule has 0 fully saturated rings. The molecule has 0 saturated heterocycles. The molecule has 8 heteroatoms. The van der Waals surface area contributed by atoms with Crippen molar-refractivity contribution in [1.29, 1.82) is 0 Å². The van der Waals surface area contributed by atoms with Crippen LogP contribution < -0.4 is 4.90 Å². The van der Waals surface area contributed by atoms with Crippen LogP contribution in [0.25, 0.3) is 0 Å². The van der Waals surface area contributed by atoms with Crippen LogP contribution in [0.15, 0.2) is 11.6 Å². The SMILES string of the molecule is O=C(O)CN(CC(F)(F)F)c1nccs1. The Morgan fingerprint density at radius 2 is 2.27 bits per heavy atom. The number of aliphatic carboxylic acids is 1. The molecular formula is C7H7F3N2O2S. The quantitative estimate of drug-likeness (QED) is 0.868. The number of rotatable bonds is 4. The number of anilines is 1. The molecule has 1 aromatic heterocycles. The van der Waals surface area contributed by atoms with E-state index in [4.69, 9.17) is 5.11 Å². The summed E-state index contributed by atoms with van der Waals surface area (Å²) in [4.78, 5) is 14.7. The third kappa shape index (κ3) is 4.15. The maximum Gasteiger partial charge on any atom is 0.406 e. The first-order valence-corrected chi connectivity index (χ1v) is 4.69. The molecular weight excluding hydrogens is 233 g/mol. The van der Waals surface area contributed by atoms with Crippen LogP contribution in [0.3, 0.4) is 0 Å². The van der Waals surface area contributed by atoms with E-state index in [1.807, 2.05) is 0 Å². The van der Waals surface area contributed by atoms with Crippen molar-refractivity contribution in [3.63, 3.8) is 0 Å². The number of alkyl halides is 3. The largest absolute Gasteiger partial charge is 0.480 e. The molecule has 1 N–H and O–H groups in total. The summed E-state index contributed by atoms with van der Waals surface area (Å²) >= 11 is 0.965. The first-order valence-electron chi connectivity index (χ1n) is 3.81. The molecule has 0 spiro atoms. The fourth-order valence-electron chi connectivity index (χ4n) is 0.943. The van der Waals surface area contributed by atoms with Crippen LogP contribution in [0.4, 0.5) is 18.3 Å². The smallest absolute Gasteiger partial charge is 0.406 e. The van der Waals surface area contributed by atoms with E-state index in [-0.39, 0.29) is 5.13 Å². The van der Waals surface area contributed by atoms with Gasteiger partial charge in [0.15, 0.2) is 5.13 Å². The number of aromatic nitrogens is 1. The highest BCUT2D eigenvalue weighted by atomic mass is 32.1. The van der Waals surface area contributed by atoms with Gasteiger partial charge in [0.1, 0.15) is 13.1 Å². The number of carboxylic acid groups (broad SMARTS) is 1. The molecule has 1 heterocycles. The lowest BCUT2D eigenvalue weighted by molar-refractivity contribution is -0.136. The fourth-order valence-corrected chi connectivity index (χ4v) is 1.59. The van der Waals surface area contributed by atoms with E-state index < -0.39 is 25.2 Å². The zero-order valence-electron chi connectivity index (χ0n) is 7.36. The molecule has 1 aromatic rings. The van der Waals surface area contributed by atoms with Gasteiger partial charge in [0.05, 0.1) is 0 Å². The van der Waals surface area contributed by atoms with Crippen molar-refractivity contribution in [2.45, 2.75) is 6.18 Å². The van der Waals surface area contributed by atoms with Crippen molar-refractivity contribution < 1.29 is 23.1 Å². The van der Waals surface area contributed by atoms with E-state index in [1.165, 1.54) is 11.6 Å².